The molecule has 0 spiro atoms. The average Bonchev–Trinajstić information content (AvgIpc) is 2.83. The van der Waals surface area contributed by atoms with Crippen molar-refractivity contribution in [2.24, 2.45) is 0 Å². The fraction of sp³-hybridized carbons (Fsp3) is 0.370. The van der Waals surface area contributed by atoms with Gasteiger partial charge in [0.25, 0.3) is 5.91 Å². The zero-order valence-electron chi connectivity index (χ0n) is 20.9. The first kappa shape index (κ1) is 26.8. The Balaban J connectivity index is 0.00000121. The second kappa shape index (κ2) is 12.0. The molecule has 5 nitrogen and oxygen atoms in total. The number of H-pyrrole nitrogens is 1. The fourth-order valence-corrected chi connectivity index (χ4v) is 3.27. The fourth-order valence-electron chi connectivity index (χ4n) is 3.27. The van der Waals surface area contributed by atoms with Crippen LogP contribution in [0.4, 0.5) is 0 Å². The van der Waals surface area contributed by atoms with Crippen LogP contribution in [0.5, 0.6) is 0 Å². The summed E-state index contributed by atoms with van der Waals surface area (Å²) >= 11 is 0. The minimum atomic E-state index is -0.558. The molecule has 32 heavy (non-hydrogen) atoms. The van der Waals surface area contributed by atoms with Gasteiger partial charge in [-0.05, 0) is 49.9 Å². The van der Waals surface area contributed by atoms with Crippen molar-refractivity contribution in [1.82, 2.24) is 14.9 Å². The molecule has 1 N–H and O–H groups in total. The summed E-state index contributed by atoms with van der Waals surface area (Å²) in [7, 11) is 1.75. The van der Waals surface area contributed by atoms with E-state index in [-0.39, 0.29) is 11.6 Å². The van der Waals surface area contributed by atoms with E-state index < -0.39 is 11.2 Å². The third kappa shape index (κ3) is 5.72. The molecule has 0 bridgehead atoms. The lowest BCUT2D eigenvalue weighted by Gasteiger charge is -2.36. The summed E-state index contributed by atoms with van der Waals surface area (Å²) in [4.78, 5) is 33.6. The number of benzene rings is 2. The first-order valence-corrected chi connectivity index (χ1v) is 11.2. The van der Waals surface area contributed by atoms with Crippen LogP contribution >= 0.6 is 0 Å². The molecule has 1 heterocycles. The van der Waals surface area contributed by atoms with E-state index in [1.165, 1.54) is 6.20 Å². The summed E-state index contributed by atoms with van der Waals surface area (Å²) in [6.07, 6.45) is 1.48. The summed E-state index contributed by atoms with van der Waals surface area (Å²) in [5.41, 5.74) is 3.84. The van der Waals surface area contributed by atoms with E-state index in [1.54, 1.807) is 11.9 Å². The first-order chi connectivity index (χ1) is 15.2. The smallest absolute Gasteiger partial charge is 0.331 e. The molecule has 1 amide bonds. The maximum absolute atomic E-state index is 13.4. The van der Waals surface area contributed by atoms with Crippen LogP contribution in [-0.4, -0.2) is 27.8 Å². The molecule has 3 aromatic rings. The van der Waals surface area contributed by atoms with E-state index in [2.05, 4.69) is 9.97 Å². The van der Waals surface area contributed by atoms with Gasteiger partial charge in [0.15, 0.2) is 0 Å². The number of carbonyl (C=O) groups is 1. The van der Waals surface area contributed by atoms with Crippen LogP contribution in [0.3, 0.4) is 0 Å². The first-order valence-electron chi connectivity index (χ1n) is 11.2. The van der Waals surface area contributed by atoms with Gasteiger partial charge < -0.3 is 9.88 Å². The van der Waals surface area contributed by atoms with Gasteiger partial charge in [0.2, 0.25) is 0 Å². The highest BCUT2D eigenvalue weighted by Gasteiger charge is 2.32. The summed E-state index contributed by atoms with van der Waals surface area (Å²) in [6, 6.07) is 15.7. The number of aromatic nitrogens is 2. The van der Waals surface area contributed by atoms with Crippen LogP contribution in [0.25, 0.3) is 11.1 Å². The highest BCUT2D eigenvalue weighted by atomic mass is 16.2. The minimum Gasteiger partial charge on any atom is -0.331 e. The Hall–Kier alpha value is -3.21. The maximum Gasteiger partial charge on any atom is 0.345 e. The third-order valence-electron chi connectivity index (χ3n) is 5.54. The lowest BCUT2D eigenvalue weighted by molar-refractivity contribution is 0.0616. The Morgan fingerprint density at radius 2 is 1.50 bits per heavy atom. The zero-order chi connectivity index (χ0) is 24.5. The maximum atomic E-state index is 13.4. The summed E-state index contributed by atoms with van der Waals surface area (Å²) in [5, 5.41) is 0. The van der Waals surface area contributed by atoms with Gasteiger partial charge in [-0.25, -0.2) is 9.78 Å². The molecule has 172 valence electrons. The van der Waals surface area contributed by atoms with E-state index in [4.69, 9.17) is 0 Å². The monoisotopic (exact) mass is 435 g/mol. The van der Waals surface area contributed by atoms with Crippen molar-refractivity contribution in [3.05, 3.63) is 87.6 Å². The van der Waals surface area contributed by atoms with E-state index in [0.717, 1.165) is 22.3 Å². The number of carbonyl (C=O) groups excluding carboxylic acids is 1. The quantitative estimate of drug-likeness (QED) is 0.537. The van der Waals surface area contributed by atoms with Crippen molar-refractivity contribution in [2.45, 2.75) is 60.9 Å². The number of amides is 1. The Morgan fingerprint density at radius 3 is 2.09 bits per heavy atom. The lowest BCUT2D eigenvalue weighted by Crippen LogP contribution is -2.43. The predicted octanol–water partition coefficient (Wildman–Crippen LogP) is 6.11. The SMILES string of the molecule is CC.CC.Cc1cccc(-c2cnc(=O)[nH]c2C(=O)N(C)C(C)(C)c2ccccc2)c1C. The van der Waals surface area contributed by atoms with E-state index in [1.807, 2.05) is 104 Å². The molecule has 1 aromatic heterocycles. The summed E-state index contributed by atoms with van der Waals surface area (Å²) < 4.78 is 0. The van der Waals surface area contributed by atoms with Gasteiger partial charge in [-0.15, -0.1) is 0 Å². The highest BCUT2D eigenvalue weighted by molar-refractivity contribution is 5.99. The molecular formula is C27H37N3O2. The minimum absolute atomic E-state index is 0.250. The molecule has 0 aliphatic heterocycles. The molecular weight excluding hydrogens is 398 g/mol. The molecule has 0 aliphatic rings. The molecule has 0 radical (unpaired) electrons. The Morgan fingerprint density at radius 1 is 0.906 bits per heavy atom. The van der Waals surface area contributed by atoms with E-state index >= 15 is 0 Å². The summed E-state index contributed by atoms with van der Waals surface area (Å²) in [6.45, 7) is 16.0. The number of nitrogens with zero attached hydrogens (tertiary/aromatic N) is 2. The van der Waals surface area contributed by atoms with Crippen LogP contribution in [0.2, 0.25) is 0 Å². The number of nitrogens with one attached hydrogen (secondary N) is 1. The van der Waals surface area contributed by atoms with Crippen LogP contribution in [-0.2, 0) is 5.54 Å². The average molecular weight is 436 g/mol. The van der Waals surface area contributed by atoms with Gasteiger partial charge in [-0.2, -0.15) is 0 Å². The molecule has 3 rings (SSSR count). The van der Waals surface area contributed by atoms with Crippen molar-refractivity contribution in [2.75, 3.05) is 7.05 Å². The van der Waals surface area contributed by atoms with Crippen LogP contribution in [0.1, 0.15) is 68.7 Å². The molecule has 5 heteroatoms. The molecule has 0 saturated carbocycles. The van der Waals surface area contributed by atoms with Crippen LogP contribution < -0.4 is 5.69 Å². The van der Waals surface area contributed by atoms with Gasteiger partial charge >= 0.3 is 5.69 Å². The summed E-state index contributed by atoms with van der Waals surface area (Å²) in [5.74, 6) is -0.260. The number of aromatic amines is 1. The number of rotatable bonds is 4. The predicted molar refractivity (Wildman–Crippen MR) is 134 cm³/mol. The van der Waals surface area contributed by atoms with Crippen molar-refractivity contribution in [3.8, 4) is 11.1 Å². The largest absolute Gasteiger partial charge is 0.345 e. The van der Waals surface area contributed by atoms with Gasteiger partial charge in [0, 0.05) is 18.8 Å². The molecule has 0 atom stereocenters. The topological polar surface area (TPSA) is 66.1 Å². The molecule has 0 unspecified atom stereocenters. The Bertz CT molecular complexity index is 1070. The van der Waals surface area contributed by atoms with Gasteiger partial charge in [-0.3, -0.25) is 4.79 Å². The van der Waals surface area contributed by atoms with Crippen molar-refractivity contribution in [1.29, 1.82) is 0 Å². The third-order valence-corrected chi connectivity index (χ3v) is 5.54. The second-order valence-electron chi connectivity index (χ2n) is 7.51. The number of hydrogen-bond donors (Lipinski definition) is 1. The second-order valence-corrected chi connectivity index (χ2v) is 7.51. The molecule has 2 aromatic carbocycles. The van der Waals surface area contributed by atoms with E-state index in [0.29, 0.717) is 5.56 Å². The van der Waals surface area contributed by atoms with Gasteiger partial charge in [-0.1, -0.05) is 76.2 Å². The normalized spacial score (nSPS) is 10.3. The number of hydrogen-bond acceptors (Lipinski definition) is 3. The van der Waals surface area contributed by atoms with Crippen molar-refractivity contribution >= 4 is 5.91 Å². The standard InChI is InChI=1S/C23H25N3O2.2C2H6/c1-15-10-9-13-18(16(15)2)19-14-24-22(28)25-20(19)21(27)26(5)23(3,4)17-11-7-6-8-12-17;2*1-2/h6-14H,1-5H3,(H,24,25,28);2*1-2H3. The van der Waals surface area contributed by atoms with Crippen molar-refractivity contribution < 1.29 is 4.79 Å². The number of aryl methyl sites for hydroxylation is 1. The molecule has 0 fully saturated rings. The molecule has 0 aliphatic carbocycles. The Labute approximate surface area is 192 Å². The van der Waals surface area contributed by atoms with Crippen LogP contribution in [0, 0.1) is 13.8 Å². The van der Waals surface area contributed by atoms with Gasteiger partial charge in [0.1, 0.15) is 5.69 Å². The lowest BCUT2D eigenvalue weighted by atomic mass is 9.91. The Kier molecular flexibility index (Phi) is 10.0. The molecule has 0 saturated heterocycles. The van der Waals surface area contributed by atoms with E-state index in [9.17, 15) is 9.59 Å². The highest BCUT2D eigenvalue weighted by Crippen LogP contribution is 2.31. The zero-order valence-corrected chi connectivity index (χ0v) is 20.9. The van der Waals surface area contributed by atoms with Crippen LogP contribution in [0.15, 0.2) is 59.5 Å². The van der Waals surface area contributed by atoms with Gasteiger partial charge in [0.05, 0.1) is 5.54 Å². The van der Waals surface area contributed by atoms with Crippen molar-refractivity contribution in [3.63, 3.8) is 0 Å².